The molecule has 0 spiro atoms. The maximum atomic E-state index is 12.3. The molecule has 0 aromatic heterocycles. The van der Waals surface area contributed by atoms with E-state index in [1.165, 1.54) is 5.56 Å². The van der Waals surface area contributed by atoms with Gasteiger partial charge in [-0.2, -0.15) is 5.10 Å². The number of halogens is 1. The summed E-state index contributed by atoms with van der Waals surface area (Å²) in [5.41, 5.74) is 5.44. The number of hydrazone groups is 1. The van der Waals surface area contributed by atoms with Gasteiger partial charge in [-0.3, -0.25) is 9.59 Å². The van der Waals surface area contributed by atoms with Crippen LogP contribution in [0.3, 0.4) is 0 Å². The first-order chi connectivity index (χ1) is 12.6. The number of carbonyl (C=O) groups is 2. The normalized spacial score (nSPS) is 17.1. The Kier molecular flexibility index (Phi) is 5.68. The molecule has 2 amide bonds. The average molecular weight is 370 g/mol. The van der Waals surface area contributed by atoms with Crippen LogP contribution in [0.1, 0.15) is 24.5 Å². The van der Waals surface area contributed by atoms with Crippen LogP contribution in [0.25, 0.3) is 0 Å². The molecule has 0 radical (unpaired) electrons. The van der Waals surface area contributed by atoms with E-state index in [9.17, 15) is 9.59 Å². The van der Waals surface area contributed by atoms with E-state index in [4.69, 9.17) is 11.6 Å². The monoisotopic (exact) mass is 369 g/mol. The lowest BCUT2D eigenvalue weighted by atomic mass is 10.1. The van der Waals surface area contributed by atoms with E-state index < -0.39 is 5.92 Å². The number of nitrogens with one attached hydrogen (secondary N) is 1. The summed E-state index contributed by atoms with van der Waals surface area (Å²) in [7, 11) is 0. The first-order valence-electron chi connectivity index (χ1n) is 8.54. The highest BCUT2D eigenvalue weighted by atomic mass is 35.5. The van der Waals surface area contributed by atoms with Gasteiger partial charge in [-0.25, -0.2) is 5.43 Å². The van der Waals surface area contributed by atoms with Crippen LogP contribution in [0.5, 0.6) is 0 Å². The Hall–Kier alpha value is -2.66. The van der Waals surface area contributed by atoms with Crippen molar-refractivity contribution in [2.45, 2.75) is 19.8 Å². The van der Waals surface area contributed by atoms with Crippen molar-refractivity contribution in [1.82, 2.24) is 5.43 Å². The van der Waals surface area contributed by atoms with Gasteiger partial charge in [-0.15, -0.1) is 0 Å². The number of hydrogen-bond donors (Lipinski definition) is 1. The Morgan fingerprint density at radius 3 is 2.58 bits per heavy atom. The van der Waals surface area contributed by atoms with Crippen molar-refractivity contribution in [2.75, 3.05) is 11.4 Å². The van der Waals surface area contributed by atoms with Crippen LogP contribution in [-0.4, -0.2) is 24.6 Å². The Labute approximate surface area is 157 Å². The lowest BCUT2D eigenvalue weighted by Crippen LogP contribution is -2.30. The van der Waals surface area contributed by atoms with Crippen molar-refractivity contribution in [1.29, 1.82) is 0 Å². The van der Waals surface area contributed by atoms with Crippen LogP contribution in [-0.2, 0) is 16.0 Å². The van der Waals surface area contributed by atoms with E-state index in [1.54, 1.807) is 35.4 Å². The second kappa shape index (κ2) is 8.15. The van der Waals surface area contributed by atoms with Crippen molar-refractivity contribution >= 4 is 35.3 Å². The largest absolute Gasteiger partial charge is 0.312 e. The summed E-state index contributed by atoms with van der Waals surface area (Å²) < 4.78 is 0. The summed E-state index contributed by atoms with van der Waals surface area (Å²) >= 11 is 5.88. The van der Waals surface area contributed by atoms with Gasteiger partial charge >= 0.3 is 0 Å². The number of hydrogen-bond acceptors (Lipinski definition) is 3. The second-order valence-corrected chi connectivity index (χ2v) is 6.65. The summed E-state index contributed by atoms with van der Waals surface area (Å²) in [6.07, 6.45) is 2.76. The number of rotatable bonds is 5. The minimum atomic E-state index is -0.419. The fourth-order valence-corrected chi connectivity index (χ4v) is 2.98. The van der Waals surface area contributed by atoms with Gasteiger partial charge in [0.25, 0.3) is 0 Å². The molecule has 0 unspecified atom stereocenters. The first kappa shape index (κ1) is 18.1. The molecule has 1 fully saturated rings. The van der Waals surface area contributed by atoms with Crippen molar-refractivity contribution in [3.63, 3.8) is 0 Å². The molecule has 1 saturated heterocycles. The quantitative estimate of drug-likeness (QED) is 0.648. The molecule has 0 aliphatic carbocycles. The maximum absolute atomic E-state index is 12.3. The topological polar surface area (TPSA) is 61.8 Å². The molecule has 2 aromatic carbocycles. The Morgan fingerprint density at radius 1 is 1.23 bits per heavy atom. The number of anilines is 1. The lowest BCUT2D eigenvalue weighted by Gasteiger charge is -2.16. The maximum Gasteiger partial charge on any atom is 0.245 e. The third kappa shape index (κ3) is 4.29. The van der Waals surface area contributed by atoms with Crippen molar-refractivity contribution < 1.29 is 9.59 Å². The number of amides is 2. The third-order valence-electron chi connectivity index (χ3n) is 4.41. The van der Waals surface area contributed by atoms with Gasteiger partial charge in [0.15, 0.2) is 0 Å². The minimum Gasteiger partial charge on any atom is -0.312 e. The highest BCUT2D eigenvalue weighted by Gasteiger charge is 2.35. The SMILES string of the molecule is CCc1ccc(/C=N\NC(=O)[C@@H]2CC(=O)N(c3ccc(Cl)cc3)C2)cc1. The fourth-order valence-electron chi connectivity index (χ4n) is 2.85. The molecular weight excluding hydrogens is 350 g/mol. The predicted molar refractivity (Wildman–Crippen MR) is 103 cm³/mol. The summed E-state index contributed by atoms with van der Waals surface area (Å²) in [5.74, 6) is -0.749. The third-order valence-corrected chi connectivity index (χ3v) is 4.66. The molecule has 1 atom stereocenters. The van der Waals surface area contributed by atoms with E-state index in [0.717, 1.165) is 17.7 Å². The molecular formula is C20H20ClN3O2. The van der Waals surface area contributed by atoms with E-state index >= 15 is 0 Å². The number of benzene rings is 2. The van der Waals surface area contributed by atoms with Crippen LogP contribution in [0, 0.1) is 5.92 Å². The highest BCUT2D eigenvalue weighted by Crippen LogP contribution is 2.26. The van der Waals surface area contributed by atoms with Crippen LogP contribution in [0.4, 0.5) is 5.69 Å². The van der Waals surface area contributed by atoms with Gasteiger partial charge in [0, 0.05) is 23.7 Å². The smallest absolute Gasteiger partial charge is 0.245 e. The molecule has 3 rings (SSSR count). The number of aryl methyl sites for hydroxylation is 1. The van der Waals surface area contributed by atoms with E-state index in [0.29, 0.717) is 11.6 Å². The zero-order valence-electron chi connectivity index (χ0n) is 14.5. The standard InChI is InChI=1S/C20H20ClN3O2/c1-2-14-3-5-15(6-4-14)12-22-23-20(26)16-11-19(25)24(13-16)18-9-7-17(21)8-10-18/h3-10,12,16H,2,11,13H2,1H3,(H,23,26)/b22-12-/t16-/m1/s1. The van der Waals surface area contributed by atoms with Crippen molar-refractivity contribution in [3.05, 3.63) is 64.7 Å². The summed E-state index contributed by atoms with van der Waals surface area (Å²) in [5, 5.41) is 4.61. The zero-order chi connectivity index (χ0) is 18.5. The van der Waals surface area contributed by atoms with Gasteiger partial charge < -0.3 is 4.90 Å². The van der Waals surface area contributed by atoms with Gasteiger partial charge in [0.2, 0.25) is 11.8 Å². The molecule has 1 aliphatic heterocycles. The number of carbonyl (C=O) groups excluding carboxylic acids is 2. The molecule has 6 heteroatoms. The molecule has 134 valence electrons. The average Bonchev–Trinajstić information content (AvgIpc) is 3.05. The van der Waals surface area contributed by atoms with Crippen LogP contribution in [0.15, 0.2) is 53.6 Å². The molecule has 0 bridgehead atoms. The summed E-state index contributed by atoms with van der Waals surface area (Å²) in [4.78, 5) is 26.1. The zero-order valence-corrected chi connectivity index (χ0v) is 15.2. The lowest BCUT2D eigenvalue weighted by molar-refractivity contribution is -0.126. The van der Waals surface area contributed by atoms with Gasteiger partial charge in [0.05, 0.1) is 12.1 Å². The van der Waals surface area contributed by atoms with Crippen LogP contribution in [0.2, 0.25) is 5.02 Å². The van der Waals surface area contributed by atoms with Crippen molar-refractivity contribution in [2.24, 2.45) is 11.0 Å². The molecule has 5 nitrogen and oxygen atoms in total. The predicted octanol–water partition coefficient (Wildman–Crippen LogP) is 3.41. The first-order valence-corrected chi connectivity index (χ1v) is 8.92. The second-order valence-electron chi connectivity index (χ2n) is 6.21. The van der Waals surface area contributed by atoms with Crippen LogP contribution < -0.4 is 10.3 Å². The van der Waals surface area contributed by atoms with E-state index in [2.05, 4.69) is 17.5 Å². The Bertz CT molecular complexity index is 816. The molecule has 2 aromatic rings. The van der Waals surface area contributed by atoms with Crippen LogP contribution >= 0.6 is 11.6 Å². The Balaban J connectivity index is 1.57. The molecule has 0 saturated carbocycles. The Morgan fingerprint density at radius 2 is 1.92 bits per heavy atom. The minimum absolute atomic E-state index is 0.0772. The summed E-state index contributed by atoms with van der Waals surface area (Å²) in [6, 6.07) is 15.0. The van der Waals surface area contributed by atoms with Gasteiger partial charge in [-0.05, 0) is 41.8 Å². The van der Waals surface area contributed by atoms with Gasteiger partial charge in [0.1, 0.15) is 0 Å². The van der Waals surface area contributed by atoms with E-state index in [1.807, 2.05) is 24.3 Å². The number of nitrogens with zero attached hydrogens (tertiary/aromatic N) is 2. The van der Waals surface area contributed by atoms with E-state index in [-0.39, 0.29) is 18.2 Å². The molecule has 1 N–H and O–H groups in total. The molecule has 1 heterocycles. The van der Waals surface area contributed by atoms with Crippen molar-refractivity contribution in [3.8, 4) is 0 Å². The highest BCUT2D eigenvalue weighted by molar-refractivity contribution is 6.30. The molecule has 26 heavy (non-hydrogen) atoms. The fraction of sp³-hybridized carbons (Fsp3) is 0.250. The molecule has 1 aliphatic rings. The summed E-state index contributed by atoms with van der Waals surface area (Å²) in [6.45, 7) is 2.44. The van der Waals surface area contributed by atoms with Gasteiger partial charge in [-0.1, -0.05) is 42.8 Å².